The van der Waals surface area contributed by atoms with E-state index in [1.54, 1.807) is 6.07 Å². The molecule has 0 bridgehead atoms. The highest BCUT2D eigenvalue weighted by atomic mass is 127. The molecule has 100 valence electrons. The molecule has 0 unspecified atom stereocenters. The number of benzene rings is 1. The number of hydrogen-bond acceptors (Lipinski definition) is 3. The summed E-state index contributed by atoms with van der Waals surface area (Å²) in [4.78, 5) is 9.03. The number of halogens is 3. The number of rotatable bonds is 3. The normalized spacial score (nSPS) is 10.6. The van der Waals surface area contributed by atoms with Crippen molar-refractivity contribution in [3.63, 3.8) is 0 Å². The van der Waals surface area contributed by atoms with Crippen LogP contribution in [-0.2, 0) is 6.42 Å². The molecule has 0 saturated heterocycles. The van der Waals surface area contributed by atoms with Crippen molar-refractivity contribution in [3.05, 3.63) is 37.8 Å². The summed E-state index contributed by atoms with van der Waals surface area (Å²) >= 11 is 5.58. The van der Waals surface area contributed by atoms with Crippen molar-refractivity contribution < 1.29 is 4.39 Å². The van der Waals surface area contributed by atoms with Crippen molar-refractivity contribution in [1.82, 2.24) is 9.97 Å². The van der Waals surface area contributed by atoms with Gasteiger partial charge in [0.1, 0.15) is 11.6 Å². The van der Waals surface area contributed by atoms with Crippen LogP contribution >= 0.6 is 38.5 Å². The summed E-state index contributed by atoms with van der Waals surface area (Å²) in [6.07, 6.45) is 0.821. The van der Waals surface area contributed by atoms with Crippen LogP contribution in [0.2, 0.25) is 0 Å². The van der Waals surface area contributed by atoms with Gasteiger partial charge in [-0.15, -0.1) is 0 Å². The summed E-state index contributed by atoms with van der Waals surface area (Å²) in [5, 5.41) is 3.06. The first-order chi connectivity index (χ1) is 9.06. The Hall–Kier alpha value is -0.760. The lowest BCUT2D eigenvalue weighted by atomic mass is 10.2. The molecular weight excluding hydrogens is 424 g/mol. The van der Waals surface area contributed by atoms with Crippen molar-refractivity contribution in [1.29, 1.82) is 0 Å². The SMILES string of the molecule is CCc1nc(-c2ccc(F)cc2Br)nc(NC)c1I. The zero-order chi connectivity index (χ0) is 14.0. The quantitative estimate of drug-likeness (QED) is 0.732. The van der Waals surface area contributed by atoms with E-state index < -0.39 is 0 Å². The van der Waals surface area contributed by atoms with Crippen LogP contribution in [0, 0.1) is 9.39 Å². The van der Waals surface area contributed by atoms with Gasteiger partial charge in [-0.2, -0.15) is 0 Å². The van der Waals surface area contributed by atoms with Gasteiger partial charge in [0, 0.05) is 17.1 Å². The van der Waals surface area contributed by atoms with E-state index >= 15 is 0 Å². The molecular formula is C13H12BrFIN3. The minimum absolute atomic E-state index is 0.286. The molecule has 1 aromatic heterocycles. The third-order valence-corrected chi connectivity index (χ3v) is 4.45. The fourth-order valence-electron chi connectivity index (χ4n) is 1.68. The van der Waals surface area contributed by atoms with Crippen molar-refractivity contribution in [2.24, 2.45) is 0 Å². The van der Waals surface area contributed by atoms with Crippen molar-refractivity contribution in [2.45, 2.75) is 13.3 Å². The van der Waals surface area contributed by atoms with Crippen LogP contribution < -0.4 is 5.32 Å². The Labute approximate surface area is 133 Å². The number of nitrogens with zero attached hydrogens (tertiary/aromatic N) is 2. The second kappa shape index (κ2) is 6.13. The Morgan fingerprint density at radius 1 is 1.37 bits per heavy atom. The van der Waals surface area contributed by atoms with Crippen LogP contribution in [0.5, 0.6) is 0 Å². The van der Waals surface area contributed by atoms with Gasteiger partial charge in [0.05, 0.1) is 9.26 Å². The molecule has 0 saturated carbocycles. The molecule has 6 heteroatoms. The van der Waals surface area contributed by atoms with Crippen LogP contribution in [-0.4, -0.2) is 17.0 Å². The van der Waals surface area contributed by atoms with E-state index in [-0.39, 0.29) is 5.82 Å². The average molecular weight is 436 g/mol. The molecule has 1 aromatic carbocycles. The fraction of sp³-hybridized carbons (Fsp3) is 0.231. The second-order valence-corrected chi connectivity index (χ2v) is 5.82. The predicted molar refractivity (Wildman–Crippen MR) is 86.8 cm³/mol. The lowest BCUT2D eigenvalue weighted by molar-refractivity contribution is 0.627. The molecule has 0 aliphatic rings. The summed E-state index contributed by atoms with van der Waals surface area (Å²) in [7, 11) is 1.83. The largest absolute Gasteiger partial charge is 0.372 e. The van der Waals surface area contributed by atoms with Crippen molar-refractivity contribution in [2.75, 3.05) is 12.4 Å². The number of aryl methyl sites for hydroxylation is 1. The minimum Gasteiger partial charge on any atom is -0.372 e. The van der Waals surface area contributed by atoms with Gasteiger partial charge in [0.25, 0.3) is 0 Å². The summed E-state index contributed by atoms with van der Waals surface area (Å²) in [5.41, 5.74) is 1.76. The molecule has 0 aliphatic heterocycles. The molecule has 2 rings (SSSR count). The molecule has 1 N–H and O–H groups in total. The third kappa shape index (κ3) is 3.05. The van der Waals surface area contributed by atoms with E-state index in [1.807, 2.05) is 14.0 Å². The van der Waals surface area contributed by atoms with E-state index in [4.69, 9.17) is 0 Å². The lowest BCUT2D eigenvalue weighted by Crippen LogP contribution is -2.05. The van der Waals surface area contributed by atoms with Gasteiger partial charge >= 0.3 is 0 Å². The van der Waals surface area contributed by atoms with Crippen LogP contribution in [0.4, 0.5) is 10.2 Å². The van der Waals surface area contributed by atoms with Gasteiger partial charge in [-0.1, -0.05) is 6.92 Å². The Morgan fingerprint density at radius 3 is 2.68 bits per heavy atom. The lowest BCUT2D eigenvalue weighted by Gasteiger charge is -2.11. The first-order valence-electron chi connectivity index (χ1n) is 5.76. The van der Waals surface area contributed by atoms with E-state index in [2.05, 4.69) is 53.8 Å². The summed E-state index contributed by atoms with van der Waals surface area (Å²) in [5.74, 6) is 1.10. The Bertz CT molecular complexity index is 594. The average Bonchev–Trinajstić information content (AvgIpc) is 2.39. The van der Waals surface area contributed by atoms with E-state index in [0.717, 1.165) is 27.1 Å². The van der Waals surface area contributed by atoms with E-state index in [0.29, 0.717) is 10.3 Å². The molecule has 0 radical (unpaired) electrons. The summed E-state index contributed by atoms with van der Waals surface area (Å²) in [6, 6.07) is 4.51. The highest BCUT2D eigenvalue weighted by Gasteiger charge is 2.13. The Kier molecular flexibility index (Phi) is 4.72. The first-order valence-corrected chi connectivity index (χ1v) is 7.63. The summed E-state index contributed by atoms with van der Waals surface area (Å²) in [6.45, 7) is 2.05. The smallest absolute Gasteiger partial charge is 0.162 e. The number of anilines is 1. The molecule has 0 spiro atoms. The topological polar surface area (TPSA) is 37.8 Å². The molecule has 1 heterocycles. The highest BCUT2D eigenvalue weighted by Crippen LogP contribution is 2.29. The van der Waals surface area contributed by atoms with Crippen LogP contribution in [0.25, 0.3) is 11.4 Å². The molecule has 0 atom stereocenters. The minimum atomic E-state index is -0.286. The monoisotopic (exact) mass is 435 g/mol. The van der Waals surface area contributed by atoms with Crippen molar-refractivity contribution >= 4 is 44.3 Å². The van der Waals surface area contributed by atoms with Crippen LogP contribution in [0.15, 0.2) is 22.7 Å². The van der Waals surface area contributed by atoms with Crippen molar-refractivity contribution in [3.8, 4) is 11.4 Å². The molecule has 19 heavy (non-hydrogen) atoms. The summed E-state index contributed by atoms with van der Waals surface area (Å²) < 4.78 is 14.8. The molecule has 3 nitrogen and oxygen atoms in total. The zero-order valence-corrected chi connectivity index (χ0v) is 14.2. The van der Waals surface area contributed by atoms with E-state index in [9.17, 15) is 4.39 Å². The van der Waals surface area contributed by atoms with Gasteiger partial charge in [-0.05, 0) is 63.1 Å². The van der Waals surface area contributed by atoms with Crippen LogP contribution in [0.1, 0.15) is 12.6 Å². The Morgan fingerprint density at radius 2 is 2.11 bits per heavy atom. The maximum Gasteiger partial charge on any atom is 0.162 e. The zero-order valence-electron chi connectivity index (χ0n) is 10.5. The Balaban J connectivity index is 2.62. The van der Waals surface area contributed by atoms with E-state index in [1.165, 1.54) is 12.1 Å². The standard InChI is InChI=1S/C13H12BrFIN3/c1-3-10-11(16)13(17-2)19-12(18-10)8-5-4-7(15)6-9(8)14/h4-6H,3H2,1-2H3,(H,17,18,19). The molecule has 0 amide bonds. The molecule has 2 aromatic rings. The second-order valence-electron chi connectivity index (χ2n) is 3.88. The van der Waals surface area contributed by atoms with Gasteiger partial charge < -0.3 is 5.32 Å². The molecule has 0 fully saturated rings. The van der Waals surface area contributed by atoms with Crippen LogP contribution in [0.3, 0.4) is 0 Å². The highest BCUT2D eigenvalue weighted by molar-refractivity contribution is 14.1. The predicted octanol–water partition coefficient (Wildman–Crippen LogP) is 4.25. The fourth-order valence-corrected chi connectivity index (χ4v) is 3.11. The van der Waals surface area contributed by atoms with Gasteiger partial charge in [-0.25, -0.2) is 14.4 Å². The third-order valence-electron chi connectivity index (χ3n) is 2.66. The number of nitrogens with one attached hydrogen (secondary N) is 1. The molecule has 0 aliphatic carbocycles. The van der Waals surface area contributed by atoms with Gasteiger partial charge in [0.15, 0.2) is 5.82 Å². The number of hydrogen-bond donors (Lipinski definition) is 1. The maximum atomic E-state index is 13.1. The number of aromatic nitrogens is 2. The van der Waals surface area contributed by atoms with Gasteiger partial charge in [-0.3, -0.25) is 0 Å². The first kappa shape index (κ1) is 14.6. The van der Waals surface area contributed by atoms with Gasteiger partial charge in [0.2, 0.25) is 0 Å². The maximum absolute atomic E-state index is 13.1.